The Bertz CT molecular complexity index is 925. The highest BCUT2D eigenvalue weighted by molar-refractivity contribution is 9.11. The van der Waals surface area contributed by atoms with Crippen LogP contribution < -0.4 is 9.80 Å². The molecule has 0 bridgehead atoms. The molecule has 5 heteroatoms. The number of nitrogens with zero attached hydrogens (tertiary/aromatic N) is 2. The van der Waals surface area contributed by atoms with E-state index in [1.165, 1.54) is 0 Å². The SMILES string of the molecule is CCCN1c2ccccc2C(=O)N(c2ccccc2)C1c1ccc(Br)s1. The zero-order valence-electron chi connectivity index (χ0n) is 14.4. The average molecular weight is 427 g/mol. The summed E-state index contributed by atoms with van der Waals surface area (Å²) in [6.07, 6.45) is 0.866. The molecular formula is C21H19BrN2OS. The summed E-state index contributed by atoms with van der Waals surface area (Å²) in [5.41, 5.74) is 2.69. The molecule has 1 unspecified atom stereocenters. The van der Waals surface area contributed by atoms with Crippen molar-refractivity contribution in [1.82, 2.24) is 0 Å². The lowest BCUT2D eigenvalue weighted by atomic mass is 10.0. The van der Waals surface area contributed by atoms with Crippen molar-refractivity contribution in [3.63, 3.8) is 0 Å². The molecule has 26 heavy (non-hydrogen) atoms. The molecule has 0 N–H and O–H groups in total. The summed E-state index contributed by atoms with van der Waals surface area (Å²) < 4.78 is 1.07. The molecule has 2 aromatic carbocycles. The number of carbonyl (C=O) groups is 1. The zero-order valence-corrected chi connectivity index (χ0v) is 16.8. The van der Waals surface area contributed by atoms with Crippen molar-refractivity contribution in [2.45, 2.75) is 19.5 Å². The van der Waals surface area contributed by atoms with Crippen molar-refractivity contribution in [1.29, 1.82) is 0 Å². The highest BCUT2D eigenvalue weighted by Crippen LogP contribution is 2.43. The third-order valence-electron chi connectivity index (χ3n) is 4.55. The number of hydrogen-bond donors (Lipinski definition) is 0. The molecule has 3 aromatic rings. The second-order valence-corrected chi connectivity index (χ2v) is 8.73. The van der Waals surface area contributed by atoms with Crippen molar-refractivity contribution in [3.8, 4) is 0 Å². The summed E-state index contributed by atoms with van der Waals surface area (Å²) in [4.78, 5) is 18.9. The molecule has 1 aliphatic rings. The second kappa shape index (κ2) is 7.25. The largest absolute Gasteiger partial charge is 0.346 e. The van der Waals surface area contributed by atoms with Crippen molar-refractivity contribution in [2.24, 2.45) is 0 Å². The standard InChI is InChI=1S/C21H19BrN2OS/c1-2-14-23-17-11-7-6-10-16(17)21(25)24(15-8-4-3-5-9-15)20(23)18-12-13-19(22)26-18/h3-13,20H,2,14H2,1H3. The Kier molecular flexibility index (Phi) is 4.83. The molecule has 0 fully saturated rings. The van der Waals surface area contributed by atoms with Crippen LogP contribution in [0.5, 0.6) is 0 Å². The smallest absolute Gasteiger partial charge is 0.262 e. The molecule has 0 saturated heterocycles. The van der Waals surface area contributed by atoms with Gasteiger partial charge in [0.25, 0.3) is 5.91 Å². The van der Waals surface area contributed by atoms with Crippen LogP contribution in [-0.4, -0.2) is 12.5 Å². The van der Waals surface area contributed by atoms with Crippen LogP contribution >= 0.6 is 27.3 Å². The predicted octanol–water partition coefficient (Wildman–Crippen LogP) is 6.09. The fourth-order valence-corrected chi connectivity index (χ4v) is 5.02. The maximum atomic E-state index is 13.4. The van der Waals surface area contributed by atoms with E-state index in [1.54, 1.807) is 11.3 Å². The third-order valence-corrected chi connectivity index (χ3v) is 6.21. The number of amides is 1. The predicted molar refractivity (Wildman–Crippen MR) is 112 cm³/mol. The van der Waals surface area contributed by atoms with Crippen LogP contribution in [0.3, 0.4) is 0 Å². The number of benzene rings is 2. The number of thiophene rings is 1. The Morgan fingerprint density at radius 2 is 1.73 bits per heavy atom. The van der Waals surface area contributed by atoms with Crippen molar-refractivity contribution < 1.29 is 4.79 Å². The first-order chi connectivity index (χ1) is 12.7. The van der Waals surface area contributed by atoms with Gasteiger partial charge in [0.1, 0.15) is 6.17 Å². The quantitative estimate of drug-likeness (QED) is 0.503. The maximum absolute atomic E-state index is 13.4. The molecule has 1 amide bonds. The van der Waals surface area contributed by atoms with E-state index in [1.807, 2.05) is 53.4 Å². The third kappa shape index (κ3) is 2.95. The monoisotopic (exact) mass is 426 g/mol. The van der Waals surface area contributed by atoms with Gasteiger partial charge >= 0.3 is 0 Å². The number of halogens is 1. The minimum absolute atomic E-state index is 0.0497. The van der Waals surface area contributed by atoms with E-state index in [9.17, 15) is 4.79 Å². The molecule has 3 nitrogen and oxygen atoms in total. The van der Waals surface area contributed by atoms with Gasteiger partial charge in [0.15, 0.2) is 0 Å². The van der Waals surface area contributed by atoms with E-state index < -0.39 is 0 Å². The van der Waals surface area contributed by atoms with Crippen LogP contribution in [0.2, 0.25) is 0 Å². The first-order valence-corrected chi connectivity index (χ1v) is 10.3. The summed E-state index contributed by atoms with van der Waals surface area (Å²) in [6, 6.07) is 22.0. The molecule has 0 spiro atoms. The summed E-state index contributed by atoms with van der Waals surface area (Å²) >= 11 is 5.26. The van der Waals surface area contributed by atoms with Gasteiger partial charge in [0.2, 0.25) is 0 Å². The van der Waals surface area contributed by atoms with Crippen LogP contribution in [0.1, 0.15) is 34.7 Å². The Morgan fingerprint density at radius 3 is 2.42 bits per heavy atom. The lowest BCUT2D eigenvalue weighted by molar-refractivity contribution is 0.0969. The van der Waals surface area contributed by atoms with Crippen LogP contribution in [-0.2, 0) is 0 Å². The maximum Gasteiger partial charge on any atom is 0.262 e. The van der Waals surface area contributed by atoms with Gasteiger partial charge in [-0.15, -0.1) is 11.3 Å². The lowest BCUT2D eigenvalue weighted by Gasteiger charge is -2.45. The van der Waals surface area contributed by atoms with Crippen LogP contribution in [0, 0.1) is 0 Å². The highest BCUT2D eigenvalue weighted by atomic mass is 79.9. The van der Waals surface area contributed by atoms with Gasteiger partial charge in [-0.3, -0.25) is 9.69 Å². The summed E-state index contributed by atoms with van der Waals surface area (Å²) in [7, 11) is 0. The number of para-hydroxylation sites is 2. The molecule has 1 atom stereocenters. The molecule has 2 heterocycles. The Balaban J connectivity index is 1.94. The molecule has 0 radical (unpaired) electrons. The first kappa shape index (κ1) is 17.3. The first-order valence-electron chi connectivity index (χ1n) is 8.70. The Hall–Kier alpha value is -2.11. The van der Waals surface area contributed by atoms with Gasteiger partial charge in [0.05, 0.1) is 15.0 Å². The van der Waals surface area contributed by atoms with Gasteiger partial charge in [-0.1, -0.05) is 37.3 Å². The number of anilines is 2. The van der Waals surface area contributed by atoms with E-state index in [-0.39, 0.29) is 12.1 Å². The number of hydrogen-bond acceptors (Lipinski definition) is 3. The lowest BCUT2D eigenvalue weighted by Crippen LogP contribution is -2.49. The van der Waals surface area contributed by atoms with Crippen LogP contribution in [0.4, 0.5) is 11.4 Å². The molecule has 1 aromatic heterocycles. The van der Waals surface area contributed by atoms with Gasteiger partial charge in [-0.2, -0.15) is 0 Å². The van der Waals surface area contributed by atoms with Crippen LogP contribution in [0.15, 0.2) is 70.5 Å². The fourth-order valence-electron chi connectivity index (χ4n) is 3.50. The minimum atomic E-state index is -0.143. The second-order valence-electron chi connectivity index (χ2n) is 6.24. The summed E-state index contributed by atoms with van der Waals surface area (Å²) in [5.74, 6) is 0.0497. The summed E-state index contributed by atoms with van der Waals surface area (Å²) in [6.45, 7) is 3.06. The van der Waals surface area contributed by atoms with Crippen LogP contribution in [0.25, 0.3) is 0 Å². The van der Waals surface area contributed by atoms with Crippen molar-refractivity contribution in [3.05, 3.63) is 81.0 Å². The molecule has 132 valence electrons. The van der Waals surface area contributed by atoms with Gasteiger partial charge in [0, 0.05) is 17.1 Å². The van der Waals surface area contributed by atoms with Crippen molar-refractivity contribution >= 4 is 44.5 Å². The highest BCUT2D eigenvalue weighted by Gasteiger charge is 2.39. The fraction of sp³-hybridized carbons (Fsp3) is 0.190. The summed E-state index contributed by atoms with van der Waals surface area (Å²) in [5, 5.41) is 0. The number of carbonyl (C=O) groups excluding carboxylic acids is 1. The minimum Gasteiger partial charge on any atom is -0.346 e. The van der Waals surface area contributed by atoms with Crippen molar-refractivity contribution in [2.75, 3.05) is 16.3 Å². The molecule has 0 aliphatic carbocycles. The molecule has 4 rings (SSSR count). The average Bonchev–Trinajstić information content (AvgIpc) is 3.10. The topological polar surface area (TPSA) is 23.6 Å². The number of fused-ring (bicyclic) bond motifs is 1. The van der Waals surface area contributed by atoms with Gasteiger partial charge in [-0.05, 0) is 58.7 Å². The number of rotatable bonds is 4. The molecule has 0 saturated carbocycles. The van der Waals surface area contributed by atoms with Gasteiger partial charge < -0.3 is 4.90 Å². The van der Waals surface area contributed by atoms with E-state index >= 15 is 0 Å². The normalized spacial score (nSPS) is 16.7. The molecular weight excluding hydrogens is 408 g/mol. The van der Waals surface area contributed by atoms with E-state index in [2.05, 4.69) is 46.0 Å². The Labute approximate surface area is 166 Å². The van der Waals surface area contributed by atoms with Gasteiger partial charge in [-0.25, -0.2) is 0 Å². The molecule has 1 aliphatic heterocycles. The van der Waals surface area contributed by atoms with E-state index in [0.29, 0.717) is 0 Å². The van der Waals surface area contributed by atoms with E-state index in [0.717, 1.165) is 38.6 Å². The Morgan fingerprint density at radius 1 is 1.00 bits per heavy atom. The zero-order chi connectivity index (χ0) is 18.1. The van der Waals surface area contributed by atoms with E-state index in [4.69, 9.17) is 0 Å².